The van der Waals surface area contributed by atoms with E-state index in [1.54, 1.807) is 0 Å². The van der Waals surface area contributed by atoms with Gasteiger partial charge in [-0.3, -0.25) is 14.3 Å². The van der Waals surface area contributed by atoms with Crippen molar-refractivity contribution in [2.45, 2.75) is 13.0 Å². The van der Waals surface area contributed by atoms with Crippen molar-refractivity contribution in [2.75, 3.05) is 6.61 Å². The van der Waals surface area contributed by atoms with Crippen LogP contribution in [0.1, 0.15) is 6.42 Å². The van der Waals surface area contributed by atoms with Crippen molar-refractivity contribution >= 4 is 0 Å². The number of hydrogen-bond donors (Lipinski definition) is 1. The van der Waals surface area contributed by atoms with Crippen LogP contribution in [0, 0.1) is 0 Å². The van der Waals surface area contributed by atoms with Crippen molar-refractivity contribution in [3.05, 3.63) is 51.2 Å². The van der Waals surface area contributed by atoms with Gasteiger partial charge in [-0.1, -0.05) is 30.3 Å². The van der Waals surface area contributed by atoms with Gasteiger partial charge in [-0.2, -0.15) is 0 Å². The van der Waals surface area contributed by atoms with E-state index in [1.165, 1.54) is 4.57 Å². The van der Waals surface area contributed by atoms with Crippen LogP contribution in [0.5, 0.6) is 5.88 Å². The molecule has 0 atom stereocenters. The molecule has 0 fully saturated rings. The zero-order valence-electron chi connectivity index (χ0n) is 9.68. The van der Waals surface area contributed by atoms with Gasteiger partial charge in [0.25, 0.3) is 5.56 Å². The van der Waals surface area contributed by atoms with Gasteiger partial charge in [-0.05, 0) is 12.0 Å². The molecule has 1 aliphatic rings. The molecule has 2 aromatic rings. The molecule has 1 aromatic carbocycles. The third-order valence-electron chi connectivity index (χ3n) is 2.98. The van der Waals surface area contributed by atoms with Crippen LogP contribution < -0.4 is 16.0 Å². The van der Waals surface area contributed by atoms with E-state index in [1.807, 2.05) is 30.3 Å². The van der Waals surface area contributed by atoms with Gasteiger partial charge in [0, 0.05) is 6.54 Å². The van der Waals surface area contributed by atoms with Crippen LogP contribution in [0.3, 0.4) is 0 Å². The third kappa shape index (κ3) is 1.64. The molecule has 0 bridgehead atoms. The lowest BCUT2D eigenvalue weighted by Gasteiger charge is -2.20. The van der Waals surface area contributed by atoms with Crippen molar-refractivity contribution in [1.29, 1.82) is 0 Å². The molecular formula is C13H12N2O3. The van der Waals surface area contributed by atoms with E-state index in [0.29, 0.717) is 24.6 Å². The van der Waals surface area contributed by atoms with E-state index in [9.17, 15) is 9.59 Å². The summed E-state index contributed by atoms with van der Waals surface area (Å²) in [5.74, 6) is 0.376. The van der Waals surface area contributed by atoms with E-state index < -0.39 is 11.2 Å². The summed E-state index contributed by atoms with van der Waals surface area (Å²) in [6.07, 6.45) is 0.771. The molecule has 5 heteroatoms. The van der Waals surface area contributed by atoms with Crippen LogP contribution in [0.15, 0.2) is 39.9 Å². The van der Waals surface area contributed by atoms with Crippen molar-refractivity contribution in [1.82, 2.24) is 9.55 Å². The second-order valence-corrected chi connectivity index (χ2v) is 4.16. The Hall–Kier alpha value is -2.30. The first-order chi connectivity index (χ1) is 8.77. The number of benzene rings is 1. The van der Waals surface area contributed by atoms with E-state index in [4.69, 9.17) is 4.74 Å². The molecule has 18 heavy (non-hydrogen) atoms. The lowest BCUT2D eigenvalue weighted by Crippen LogP contribution is -2.35. The molecule has 1 N–H and O–H groups in total. The topological polar surface area (TPSA) is 64.1 Å². The first-order valence-electron chi connectivity index (χ1n) is 5.83. The van der Waals surface area contributed by atoms with Gasteiger partial charge in [0.05, 0.1) is 6.61 Å². The maximum Gasteiger partial charge on any atom is 0.331 e. The van der Waals surface area contributed by atoms with Crippen molar-refractivity contribution < 1.29 is 4.74 Å². The van der Waals surface area contributed by atoms with Crippen molar-refractivity contribution in [3.8, 4) is 17.0 Å². The summed E-state index contributed by atoms with van der Waals surface area (Å²) in [6.45, 7) is 1.10. The highest BCUT2D eigenvalue weighted by atomic mass is 16.5. The predicted octanol–water partition coefficient (Wildman–Crippen LogP) is 0.986. The van der Waals surface area contributed by atoms with Crippen LogP contribution in [0.4, 0.5) is 0 Å². The second-order valence-electron chi connectivity index (χ2n) is 4.16. The van der Waals surface area contributed by atoms with Gasteiger partial charge in [-0.25, -0.2) is 4.79 Å². The molecular weight excluding hydrogens is 232 g/mol. The molecule has 0 saturated carbocycles. The molecule has 0 amide bonds. The van der Waals surface area contributed by atoms with Crippen LogP contribution in [-0.2, 0) is 6.54 Å². The number of ether oxygens (including phenoxy) is 1. The molecule has 0 unspecified atom stereocenters. The number of hydrogen-bond acceptors (Lipinski definition) is 3. The number of aromatic amines is 1. The van der Waals surface area contributed by atoms with Gasteiger partial charge in [0.15, 0.2) is 0 Å². The Kier molecular flexibility index (Phi) is 2.51. The summed E-state index contributed by atoms with van der Waals surface area (Å²) >= 11 is 0. The third-order valence-corrected chi connectivity index (χ3v) is 2.98. The fourth-order valence-electron chi connectivity index (χ4n) is 2.16. The van der Waals surface area contributed by atoms with E-state index >= 15 is 0 Å². The van der Waals surface area contributed by atoms with Gasteiger partial charge >= 0.3 is 5.69 Å². The highest BCUT2D eigenvalue weighted by molar-refractivity contribution is 5.67. The maximum atomic E-state index is 12.0. The van der Waals surface area contributed by atoms with E-state index in [-0.39, 0.29) is 0 Å². The number of H-pyrrole nitrogens is 1. The first-order valence-corrected chi connectivity index (χ1v) is 5.83. The quantitative estimate of drug-likeness (QED) is 0.813. The summed E-state index contributed by atoms with van der Waals surface area (Å²) < 4.78 is 6.99. The Morgan fingerprint density at radius 2 is 1.94 bits per heavy atom. The fourth-order valence-corrected chi connectivity index (χ4v) is 2.16. The molecule has 0 spiro atoms. The minimum absolute atomic E-state index is 0.376. The van der Waals surface area contributed by atoms with Crippen LogP contribution in [-0.4, -0.2) is 16.2 Å². The van der Waals surface area contributed by atoms with Crippen molar-refractivity contribution in [3.63, 3.8) is 0 Å². The largest absolute Gasteiger partial charge is 0.478 e. The normalized spacial score (nSPS) is 13.8. The summed E-state index contributed by atoms with van der Waals surface area (Å²) in [4.78, 5) is 26.0. The lowest BCUT2D eigenvalue weighted by molar-refractivity contribution is 0.234. The predicted molar refractivity (Wildman–Crippen MR) is 66.9 cm³/mol. The van der Waals surface area contributed by atoms with E-state index in [2.05, 4.69) is 4.98 Å². The molecule has 0 aliphatic carbocycles. The van der Waals surface area contributed by atoms with E-state index in [0.717, 1.165) is 12.0 Å². The van der Waals surface area contributed by atoms with Gasteiger partial charge < -0.3 is 4.74 Å². The molecule has 1 aliphatic heterocycles. The smallest absolute Gasteiger partial charge is 0.331 e. The summed E-state index contributed by atoms with van der Waals surface area (Å²) in [6, 6.07) is 9.22. The Bertz CT molecular complexity index is 686. The zero-order valence-corrected chi connectivity index (χ0v) is 9.68. The van der Waals surface area contributed by atoms with Gasteiger partial charge in [0.2, 0.25) is 5.88 Å². The monoisotopic (exact) mass is 244 g/mol. The molecule has 0 radical (unpaired) electrons. The highest BCUT2D eigenvalue weighted by Crippen LogP contribution is 2.26. The Labute approximate surface area is 103 Å². The second kappa shape index (κ2) is 4.18. The average molecular weight is 244 g/mol. The summed E-state index contributed by atoms with van der Waals surface area (Å²) in [5, 5.41) is 0. The number of nitrogens with one attached hydrogen (secondary N) is 1. The minimum Gasteiger partial charge on any atom is -0.478 e. The SMILES string of the molecule is O=c1[nH]c(=O)n2c(c1-c1ccccc1)OCCC2. The van der Waals surface area contributed by atoms with Crippen LogP contribution >= 0.6 is 0 Å². The number of aromatic nitrogens is 2. The highest BCUT2D eigenvalue weighted by Gasteiger charge is 2.20. The Balaban J connectivity index is 2.33. The number of fused-ring (bicyclic) bond motifs is 1. The van der Waals surface area contributed by atoms with Crippen LogP contribution in [0.25, 0.3) is 11.1 Å². The maximum absolute atomic E-state index is 12.0. The molecule has 3 rings (SSSR count). The Morgan fingerprint density at radius 1 is 1.17 bits per heavy atom. The minimum atomic E-state index is -0.408. The first kappa shape index (κ1) is 10.8. The molecule has 92 valence electrons. The van der Waals surface area contributed by atoms with Gasteiger partial charge in [-0.15, -0.1) is 0 Å². The average Bonchev–Trinajstić information content (AvgIpc) is 2.40. The van der Waals surface area contributed by atoms with Gasteiger partial charge in [0.1, 0.15) is 5.56 Å². The number of nitrogens with zero attached hydrogens (tertiary/aromatic N) is 1. The Morgan fingerprint density at radius 3 is 2.72 bits per heavy atom. The standard InChI is InChI=1S/C13H12N2O3/c16-11-10(9-5-2-1-3-6-9)12-15(13(17)14-11)7-4-8-18-12/h1-3,5-6H,4,7-8H2,(H,14,16,17). The summed E-state index contributed by atoms with van der Waals surface area (Å²) in [5.41, 5.74) is 0.369. The molecule has 2 heterocycles. The van der Waals surface area contributed by atoms with Crippen LogP contribution in [0.2, 0.25) is 0 Å². The number of rotatable bonds is 1. The fraction of sp³-hybridized carbons (Fsp3) is 0.231. The zero-order chi connectivity index (χ0) is 12.5. The molecule has 0 saturated heterocycles. The summed E-state index contributed by atoms with van der Waals surface area (Å²) in [7, 11) is 0. The molecule has 1 aromatic heterocycles. The molecule has 5 nitrogen and oxygen atoms in total. The van der Waals surface area contributed by atoms with Crippen molar-refractivity contribution in [2.24, 2.45) is 0 Å². The lowest BCUT2D eigenvalue weighted by atomic mass is 10.1.